The lowest BCUT2D eigenvalue weighted by atomic mass is 10.0. The van der Waals surface area contributed by atoms with Crippen molar-refractivity contribution >= 4 is 11.4 Å². The first-order valence-corrected chi connectivity index (χ1v) is 6.23. The Morgan fingerprint density at radius 3 is 2.72 bits per heavy atom. The first-order valence-electron chi connectivity index (χ1n) is 6.23. The molecular weight excluding hydrogens is 235 g/mol. The van der Waals surface area contributed by atoms with E-state index in [9.17, 15) is 14.5 Å². The van der Waals surface area contributed by atoms with Crippen molar-refractivity contribution in [1.82, 2.24) is 0 Å². The Kier molecular flexibility index (Phi) is 3.50. The maximum atomic E-state index is 13.2. The van der Waals surface area contributed by atoms with Crippen LogP contribution in [0.5, 0.6) is 0 Å². The number of nitrogens with zero attached hydrogens (tertiary/aromatic N) is 1. The average molecular weight is 252 g/mol. The maximum absolute atomic E-state index is 13.2. The van der Waals surface area contributed by atoms with Crippen molar-refractivity contribution in [2.24, 2.45) is 5.41 Å². The molecule has 5 heteroatoms. The van der Waals surface area contributed by atoms with E-state index in [1.807, 2.05) is 0 Å². The molecule has 1 saturated carbocycles. The molecule has 1 aromatic carbocycles. The van der Waals surface area contributed by atoms with E-state index >= 15 is 0 Å². The van der Waals surface area contributed by atoms with Gasteiger partial charge in [-0.3, -0.25) is 10.1 Å². The van der Waals surface area contributed by atoms with Crippen molar-refractivity contribution in [2.75, 3.05) is 11.9 Å². The van der Waals surface area contributed by atoms with Crippen molar-refractivity contribution in [2.45, 2.75) is 32.6 Å². The van der Waals surface area contributed by atoms with Crippen molar-refractivity contribution in [3.8, 4) is 0 Å². The lowest BCUT2D eigenvalue weighted by molar-refractivity contribution is -0.385. The summed E-state index contributed by atoms with van der Waals surface area (Å²) in [5.41, 5.74) is 0.609. The van der Waals surface area contributed by atoms with E-state index in [2.05, 4.69) is 12.2 Å². The Hall–Kier alpha value is -1.65. The zero-order chi connectivity index (χ0) is 13.2. The van der Waals surface area contributed by atoms with Gasteiger partial charge in [0, 0.05) is 18.3 Å². The summed E-state index contributed by atoms with van der Waals surface area (Å²) < 4.78 is 13.2. The smallest absolute Gasteiger partial charge is 0.274 e. The molecule has 0 aliphatic heterocycles. The number of benzene rings is 1. The van der Waals surface area contributed by atoms with Gasteiger partial charge in [0.2, 0.25) is 0 Å². The largest absolute Gasteiger partial charge is 0.384 e. The molecule has 2 rings (SSSR count). The summed E-state index contributed by atoms with van der Waals surface area (Å²) >= 11 is 0. The van der Waals surface area contributed by atoms with E-state index in [1.54, 1.807) is 0 Å². The molecule has 18 heavy (non-hydrogen) atoms. The monoisotopic (exact) mass is 252 g/mol. The van der Waals surface area contributed by atoms with E-state index in [4.69, 9.17) is 0 Å². The molecule has 1 aromatic rings. The quantitative estimate of drug-likeness (QED) is 0.620. The number of nitro groups is 1. The average Bonchev–Trinajstić information content (AvgIpc) is 3.07. The molecule has 1 aliphatic carbocycles. The van der Waals surface area contributed by atoms with Crippen LogP contribution in [-0.2, 0) is 0 Å². The SMILES string of the molecule is CCCC1(CNc2cc(F)cc([N+](=O)[O-])c2)CC1. The third kappa shape index (κ3) is 2.97. The van der Waals surface area contributed by atoms with Gasteiger partial charge >= 0.3 is 0 Å². The second-order valence-corrected chi connectivity index (χ2v) is 5.06. The first kappa shape index (κ1) is 12.8. The van der Waals surface area contributed by atoms with Crippen LogP contribution in [0.15, 0.2) is 18.2 Å². The molecule has 0 bridgehead atoms. The topological polar surface area (TPSA) is 55.2 Å². The number of non-ortho nitro benzene ring substituents is 1. The number of nitro benzene ring substituents is 1. The lowest BCUT2D eigenvalue weighted by Crippen LogP contribution is -2.15. The highest BCUT2D eigenvalue weighted by molar-refractivity contribution is 5.51. The standard InChI is InChI=1S/C13H17FN2O2/c1-2-3-13(4-5-13)9-15-11-6-10(14)7-12(8-11)16(17)18/h6-8,15H,2-5,9H2,1H3. The minimum absolute atomic E-state index is 0.210. The summed E-state index contributed by atoms with van der Waals surface area (Å²) in [6.45, 7) is 2.91. The fraction of sp³-hybridized carbons (Fsp3) is 0.538. The molecule has 0 saturated heterocycles. The van der Waals surface area contributed by atoms with Crippen molar-refractivity contribution < 1.29 is 9.31 Å². The van der Waals surface area contributed by atoms with Crippen molar-refractivity contribution in [1.29, 1.82) is 0 Å². The van der Waals surface area contributed by atoms with Gasteiger partial charge < -0.3 is 5.32 Å². The van der Waals surface area contributed by atoms with Crippen LogP contribution in [0.1, 0.15) is 32.6 Å². The second-order valence-electron chi connectivity index (χ2n) is 5.06. The third-order valence-corrected chi connectivity index (χ3v) is 3.50. The van der Waals surface area contributed by atoms with Crippen LogP contribution >= 0.6 is 0 Å². The Labute approximate surface area is 105 Å². The van der Waals surface area contributed by atoms with Gasteiger partial charge in [0.05, 0.1) is 11.0 Å². The zero-order valence-corrected chi connectivity index (χ0v) is 10.4. The molecule has 1 N–H and O–H groups in total. The van der Waals surface area contributed by atoms with Gasteiger partial charge in [-0.05, 0) is 30.7 Å². The van der Waals surface area contributed by atoms with Gasteiger partial charge in [0.15, 0.2) is 0 Å². The molecule has 1 aliphatic rings. The van der Waals surface area contributed by atoms with Gasteiger partial charge in [0.25, 0.3) is 5.69 Å². The lowest BCUT2D eigenvalue weighted by Gasteiger charge is -2.15. The van der Waals surface area contributed by atoms with Gasteiger partial charge in [-0.25, -0.2) is 4.39 Å². The van der Waals surface area contributed by atoms with E-state index in [-0.39, 0.29) is 5.69 Å². The van der Waals surface area contributed by atoms with Crippen molar-refractivity contribution in [3.05, 3.63) is 34.1 Å². The van der Waals surface area contributed by atoms with Gasteiger partial charge in [-0.1, -0.05) is 13.3 Å². The minimum Gasteiger partial charge on any atom is -0.384 e. The summed E-state index contributed by atoms with van der Waals surface area (Å²) in [5.74, 6) is -0.577. The van der Waals surface area contributed by atoms with Crippen LogP contribution < -0.4 is 5.32 Å². The first-order chi connectivity index (χ1) is 8.54. The van der Waals surface area contributed by atoms with Gasteiger partial charge in [-0.15, -0.1) is 0 Å². The van der Waals surface area contributed by atoms with Gasteiger partial charge in [-0.2, -0.15) is 0 Å². The number of hydrogen-bond acceptors (Lipinski definition) is 3. The Bertz CT molecular complexity index is 458. The molecule has 0 heterocycles. The highest BCUT2D eigenvalue weighted by atomic mass is 19.1. The number of hydrogen-bond donors (Lipinski definition) is 1. The molecule has 0 aromatic heterocycles. The van der Waals surface area contributed by atoms with Crippen LogP contribution in [0.4, 0.5) is 15.8 Å². The summed E-state index contributed by atoms with van der Waals surface area (Å²) in [5, 5.41) is 13.8. The fourth-order valence-electron chi connectivity index (χ4n) is 2.29. The Morgan fingerprint density at radius 2 is 2.17 bits per heavy atom. The minimum atomic E-state index is -0.577. The number of nitrogens with one attached hydrogen (secondary N) is 1. The second kappa shape index (κ2) is 4.92. The van der Waals surface area contributed by atoms with E-state index in [1.165, 1.54) is 25.0 Å². The van der Waals surface area contributed by atoms with Crippen LogP contribution in [0.2, 0.25) is 0 Å². The van der Waals surface area contributed by atoms with Crippen LogP contribution in [0, 0.1) is 21.3 Å². The number of anilines is 1. The predicted molar refractivity (Wildman–Crippen MR) is 68.1 cm³/mol. The Balaban J connectivity index is 2.03. The normalized spacial score (nSPS) is 16.3. The van der Waals surface area contributed by atoms with E-state index in [0.717, 1.165) is 25.5 Å². The van der Waals surface area contributed by atoms with Crippen molar-refractivity contribution in [3.63, 3.8) is 0 Å². The van der Waals surface area contributed by atoms with E-state index < -0.39 is 10.7 Å². The summed E-state index contributed by atoms with van der Waals surface area (Å²) in [6.07, 6.45) is 4.65. The number of halogens is 1. The molecule has 1 fully saturated rings. The molecule has 4 nitrogen and oxygen atoms in total. The summed E-state index contributed by atoms with van der Waals surface area (Å²) in [4.78, 5) is 10.1. The molecule has 98 valence electrons. The summed E-state index contributed by atoms with van der Waals surface area (Å²) in [7, 11) is 0. The molecule has 0 unspecified atom stereocenters. The maximum Gasteiger partial charge on any atom is 0.274 e. The number of rotatable bonds is 6. The molecular formula is C13H17FN2O2. The fourth-order valence-corrected chi connectivity index (χ4v) is 2.29. The Morgan fingerprint density at radius 1 is 1.44 bits per heavy atom. The van der Waals surface area contributed by atoms with Gasteiger partial charge in [0.1, 0.15) is 5.82 Å². The highest BCUT2D eigenvalue weighted by Gasteiger charge is 2.41. The predicted octanol–water partition coefficient (Wildman–Crippen LogP) is 3.73. The molecule has 0 radical (unpaired) electrons. The molecule has 0 spiro atoms. The summed E-state index contributed by atoms with van der Waals surface area (Å²) in [6, 6.07) is 3.62. The van der Waals surface area contributed by atoms with Crippen LogP contribution in [0.25, 0.3) is 0 Å². The molecule has 0 atom stereocenters. The third-order valence-electron chi connectivity index (χ3n) is 3.50. The van der Waals surface area contributed by atoms with Crippen LogP contribution in [0.3, 0.4) is 0 Å². The van der Waals surface area contributed by atoms with Crippen LogP contribution in [-0.4, -0.2) is 11.5 Å². The highest BCUT2D eigenvalue weighted by Crippen LogP contribution is 2.49. The zero-order valence-electron chi connectivity index (χ0n) is 10.4. The van der Waals surface area contributed by atoms with E-state index in [0.29, 0.717) is 11.1 Å². The molecule has 0 amide bonds.